The average molecular weight is 573 g/mol. The first-order chi connectivity index (χ1) is 12.4. The van der Waals surface area contributed by atoms with Crippen LogP contribution in [0.4, 0.5) is 0 Å². The molecule has 0 N–H and O–H groups in total. The van der Waals surface area contributed by atoms with E-state index in [1.54, 1.807) is 25.1 Å². The van der Waals surface area contributed by atoms with Gasteiger partial charge in [0, 0.05) is 12.5 Å². The molecule has 0 fully saturated rings. The van der Waals surface area contributed by atoms with Crippen molar-refractivity contribution in [3.05, 3.63) is 66.4 Å². The summed E-state index contributed by atoms with van der Waals surface area (Å²) in [6.07, 6.45) is 1.67. The molecule has 5 nitrogen and oxygen atoms in total. The Kier molecular flexibility index (Phi) is 6.07. The number of carbonyl (C=O) groups excluding carboxylic acids is 2. The van der Waals surface area contributed by atoms with Gasteiger partial charge in [-0.2, -0.15) is 0 Å². The van der Waals surface area contributed by atoms with Gasteiger partial charge in [0.2, 0.25) is 0 Å². The largest absolute Gasteiger partial charge is 0.483 e. The van der Waals surface area contributed by atoms with Crippen LogP contribution in [-0.2, 0) is 9.53 Å². The number of cyclic esters (lactones) is 1. The lowest BCUT2D eigenvalue weighted by atomic mass is 10.1. The van der Waals surface area contributed by atoms with E-state index >= 15 is 0 Å². The van der Waals surface area contributed by atoms with Crippen molar-refractivity contribution in [2.75, 3.05) is 6.61 Å². The predicted octanol–water partition coefficient (Wildman–Crippen LogP) is 4.47. The lowest BCUT2D eigenvalue weighted by molar-refractivity contribution is -0.130. The maximum atomic E-state index is 12.2. The number of Topliss-reactive ketones (excluding diaryl/α,β-unsaturated/α-hetero) is 1. The summed E-state index contributed by atoms with van der Waals surface area (Å²) in [6, 6.07) is 12.8. The molecule has 0 radical (unpaired) electrons. The van der Waals surface area contributed by atoms with Gasteiger partial charge in [0.1, 0.15) is 5.75 Å². The summed E-state index contributed by atoms with van der Waals surface area (Å²) in [5, 5.41) is 0. The fraction of sp³-hybridized carbons (Fsp3) is 0.105. The van der Waals surface area contributed by atoms with E-state index < -0.39 is 5.97 Å². The Bertz CT molecular complexity index is 913. The molecule has 0 spiro atoms. The normalized spacial score (nSPS) is 15.0. The van der Waals surface area contributed by atoms with E-state index in [-0.39, 0.29) is 18.1 Å². The summed E-state index contributed by atoms with van der Waals surface area (Å²) in [4.78, 5) is 27.9. The molecule has 2 aromatic carbocycles. The molecule has 1 aliphatic heterocycles. The van der Waals surface area contributed by atoms with E-state index in [2.05, 4.69) is 50.2 Å². The zero-order valence-electron chi connectivity index (χ0n) is 13.7. The molecule has 0 saturated carbocycles. The molecule has 1 heterocycles. The highest BCUT2D eigenvalue weighted by molar-refractivity contribution is 14.1. The third-order valence-corrected chi connectivity index (χ3v) is 5.10. The lowest BCUT2D eigenvalue weighted by Gasteiger charge is -2.11. The number of ketones is 1. The SMILES string of the molecule is CC1=N/C(=C/c2cc(I)c(OCC(=O)c3ccccc3)c(I)c2)C(=O)O1. The maximum absolute atomic E-state index is 12.2. The third-order valence-electron chi connectivity index (χ3n) is 3.49. The van der Waals surface area contributed by atoms with Crippen LogP contribution in [-0.4, -0.2) is 24.3 Å². The lowest BCUT2D eigenvalue weighted by Crippen LogP contribution is -2.12. The Morgan fingerprint density at radius 2 is 1.85 bits per heavy atom. The quantitative estimate of drug-likeness (QED) is 0.229. The zero-order valence-corrected chi connectivity index (χ0v) is 18.0. The first-order valence-electron chi connectivity index (χ1n) is 7.63. The molecule has 0 aliphatic carbocycles. The van der Waals surface area contributed by atoms with Crippen molar-refractivity contribution in [1.29, 1.82) is 0 Å². The number of benzene rings is 2. The van der Waals surface area contributed by atoms with Crippen molar-refractivity contribution in [3.8, 4) is 5.75 Å². The first kappa shape index (κ1) is 19.0. The van der Waals surface area contributed by atoms with Gasteiger partial charge < -0.3 is 9.47 Å². The highest BCUT2D eigenvalue weighted by Gasteiger charge is 2.20. The van der Waals surface area contributed by atoms with Gasteiger partial charge in [-0.3, -0.25) is 4.79 Å². The number of esters is 1. The van der Waals surface area contributed by atoms with Crippen molar-refractivity contribution in [3.63, 3.8) is 0 Å². The number of rotatable bonds is 5. The van der Waals surface area contributed by atoms with Crippen LogP contribution in [0, 0.1) is 7.14 Å². The Labute approximate surface area is 177 Å². The Balaban J connectivity index is 1.77. The van der Waals surface area contributed by atoms with Gasteiger partial charge in [-0.15, -0.1) is 0 Å². The van der Waals surface area contributed by atoms with Gasteiger partial charge in [-0.25, -0.2) is 9.79 Å². The Hall–Kier alpha value is -1.75. The summed E-state index contributed by atoms with van der Waals surface area (Å²) in [5.41, 5.74) is 1.69. The average Bonchev–Trinajstić information content (AvgIpc) is 2.92. The molecule has 3 rings (SSSR count). The molecule has 0 bridgehead atoms. The van der Waals surface area contributed by atoms with E-state index in [1.165, 1.54) is 0 Å². The summed E-state index contributed by atoms with van der Waals surface area (Å²) in [7, 11) is 0. The second-order valence-corrected chi connectivity index (χ2v) is 7.77. The van der Waals surface area contributed by atoms with E-state index in [4.69, 9.17) is 9.47 Å². The van der Waals surface area contributed by atoms with E-state index in [0.717, 1.165) is 12.7 Å². The minimum absolute atomic E-state index is 0.0354. The fourth-order valence-corrected chi connectivity index (χ4v) is 4.45. The summed E-state index contributed by atoms with van der Waals surface area (Å²) < 4.78 is 12.3. The molecule has 2 aromatic rings. The predicted molar refractivity (Wildman–Crippen MR) is 115 cm³/mol. The number of carbonyl (C=O) groups is 2. The molecule has 7 heteroatoms. The topological polar surface area (TPSA) is 65.0 Å². The van der Waals surface area contributed by atoms with Gasteiger partial charge in [-0.05, 0) is 69.0 Å². The molecule has 0 amide bonds. The highest BCUT2D eigenvalue weighted by Crippen LogP contribution is 2.30. The van der Waals surface area contributed by atoms with Gasteiger partial charge in [0.25, 0.3) is 0 Å². The number of nitrogens with zero attached hydrogens (tertiary/aromatic N) is 1. The monoisotopic (exact) mass is 573 g/mol. The van der Waals surface area contributed by atoms with Crippen LogP contribution >= 0.6 is 45.2 Å². The zero-order chi connectivity index (χ0) is 18.7. The summed E-state index contributed by atoms with van der Waals surface area (Å²) >= 11 is 4.29. The number of hydrogen-bond donors (Lipinski definition) is 0. The first-order valence-corrected chi connectivity index (χ1v) is 9.79. The van der Waals surface area contributed by atoms with Crippen molar-refractivity contribution in [2.45, 2.75) is 6.92 Å². The molecule has 0 unspecified atom stereocenters. The van der Waals surface area contributed by atoms with Crippen molar-refractivity contribution in [1.82, 2.24) is 0 Å². The van der Waals surface area contributed by atoms with E-state index in [0.29, 0.717) is 17.2 Å². The number of aliphatic imine (C=N–C) groups is 1. The Morgan fingerprint density at radius 3 is 2.42 bits per heavy atom. The van der Waals surface area contributed by atoms with Crippen LogP contribution in [0.2, 0.25) is 0 Å². The van der Waals surface area contributed by atoms with Crippen LogP contribution in [0.3, 0.4) is 0 Å². The molecule has 1 aliphatic rings. The molecular formula is C19H13I2NO4. The van der Waals surface area contributed by atoms with Crippen LogP contribution in [0.1, 0.15) is 22.8 Å². The number of ether oxygens (including phenoxy) is 2. The van der Waals surface area contributed by atoms with Gasteiger partial charge in [0.15, 0.2) is 24.0 Å². The van der Waals surface area contributed by atoms with E-state index in [9.17, 15) is 9.59 Å². The standard InChI is InChI=1S/C19H13I2NO4/c1-11-22-16(19(24)26-11)9-12-7-14(20)18(15(21)8-12)25-10-17(23)13-5-3-2-4-6-13/h2-9H,10H2,1H3/b16-9+. The van der Waals surface area contributed by atoms with Gasteiger partial charge in [0.05, 0.1) is 7.14 Å². The summed E-state index contributed by atoms with van der Waals surface area (Å²) in [5.74, 6) is 0.444. The fourth-order valence-electron chi connectivity index (χ4n) is 2.32. The molecule has 0 aromatic heterocycles. The van der Waals surface area contributed by atoms with Crippen LogP contribution in [0.5, 0.6) is 5.75 Å². The van der Waals surface area contributed by atoms with Crippen molar-refractivity contribution >= 4 is 68.9 Å². The molecule has 132 valence electrons. The van der Waals surface area contributed by atoms with E-state index in [1.807, 2.05) is 30.3 Å². The molecule has 0 saturated heterocycles. The Morgan fingerprint density at radius 1 is 1.19 bits per heavy atom. The number of hydrogen-bond acceptors (Lipinski definition) is 5. The minimum atomic E-state index is -0.457. The maximum Gasteiger partial charge on any atom is 0.363 e. The second kappa shape index (κ2) is 8.30. The highest BCUT2D eigenvalue weighted by atomic mass is 127. The molecular weight excluding hydrogens is 560 g/mol. The van der Waals surface area contributed by atoms with Gasteiger partial charge in [-0.1, -0.05) is 30.3 Å². The number of halogens is 2. The smallest absolute Gasteiger partial charge is 0.363 e. The van der Waals surface area contributed by atoms with Crippen LogP contribution < -0.4 is 4.74 Å². The van der Waals surface area contributed by atoms with Crippen molar-refractivity contribution in [2.24, 2.45) is 4.99 Å². The molecule has 26 heavy (non-hydrogen) atoms. The summed E-state index contributed by atoms with van der Waals surface area (Å²) in [6.45, 7) is 1.60. The van der Waals surface area contributed by atoms with Gasteiger partial charge >= 0.3 is 5.97 Å². The van der Waals surface area contributed by atoms with Crippen molar-refractivity contribution < 1.29 is 19.1 Å². The second-order valence-electron chi connectivity index (χ2n) is 5.44. The molecule has 0 atom stereocenters. The van der Waals surface area contributed by atoms with Crippen LogP contribution in [0.25, 0.3) is 6.08 Å². The third kappa shape index (κ3) is 4.50. The van der Waals surface area contributed by atoms with Crippen LogP contribution in [0.15, 0.2) is 53.2 Å². The minimum Gasteiger partial charge on any atom is -0.483 e.